The number of benzene rings is 1. The largest absolute Gasteiger partial charge is 0.496 e. The topological polar surface area (TPSA) is 84.5 Å². The summed E-state index contributed by atoms with van der Waals surface area (Å²) in [7, 11) is 3.18. The predicted octanol–water partition coefficient (Wildman–Crippen LogP) is 2.76. The molecule has 0 bridgehead atoms. The first-order valence-corrected chi connectivity index (χ1v) is 7.30. The van der Waals surface area contributed by atoms with E-state index in [4.69, 9.17) is 20.6 Å². The van der Waals surface area contributed by atoms with Gasteiger partial charge in [-0.25, -0.2) is 4.98 Å². The van der Waals surface area contributed by atoms with Crippen LogP contribution in [0.5, 0.6) is 11.5 Å². The van der Waals surface area contributed by atoms with Crippen LogP contribution in [0.25, 0.3) is 0 Å². The van der Waals surface area contributed by atoms with Gasteiger partial charge in [0.05, 0.1) is 26.3 Å². The number of hydrogen-bond acceptors (Lipinski definition) is 4. The van der Waals surface area contributed by atoms with Gasteiger partial charge in [-0.05, 0) is 40.2 Å². The molecule has 2 aromatic rings. The van der Waals surface area contributed by atoms with Crippen LogP contribution in [0.4, 0.5) is 5.82 Å². The lowest BCUT2D eigenvalue weighted by Gasteiger charge is -2.24. The molecule has 1 aromatic heterocycles. The van der Waals surface area contributed by atoms with Crippen molar-refractivity contribution < 1.29 is 9.47 Å². The molecular weight excluding hydrogens is 348 g/mol. The molecule has 0 atom stereocenters. The van der Waals surface area contributed by atoms with Gasteiger partial charge < -0.3 is 15.2 Å². The fourth-order valence-electron chi connectivity index (χ4n) is 2.08. The standard InChI is InChI=1S/C15H17BrN4O2/c1-21-11-5-3-6-12(22-2)10(11)9-20(15(17)18)14-8-4-7-13(16)19-14/h3-8H,9H2,1-2H3,(H3,17,18). The number of rotatable bonds is 5. The molecule has 1 aromatic carbocycles. The molecule has 0 radical (unpaired) electrons. The number of nitrogens with two attached hydrogens (primary N) is 1. The van der Waals surface area contributed by atoms with Crippen LogP contribution in [0, 0.1) is 5.41 Å². The zero-order chi connectivity index (χ0) is 16.1. The Balaban J connectivity index is 2.43. The molecule has 0 amide bonds. The number of hydrogen-bond donors (Lipinski definition) is 2. The second-order valence-electron chi connectivity index (χ2n) is 4.43. The summed E-state index contributed by atoms with van der Waals surface area (Å²) < 4.78 is 11.4. The minimum absolute atomic E-state index is 0.112. The van der Waals surface area contributed by atoms with E-state index in [1.54, 1.807) is 25.2 Å². The van der Waals surface area contributed by atoms with E-state index in [1.807, 2.05) is 30.3 Å². The number of pyridine rings is 1. The maximum Gasteiger partial charge on any atom is 0.194 e. The maximum atomic E-state index is 7.83. The van der Waals surface area contributed by atoms with Gasteiger partial charge in [-0.2, -0.15) is 0 Å². The minimum Gasteiger partial charge on any atom is -0.496 e. The number of ether oxygens (including phenoxy) is 2. The Morgan fingerprint density at radius 2 is 1.77 bits per heavy atom. The van der Waals surface area contributed by atoms with E-state index >= 15 is 0 Å². The second-order valence-corrected chi connectivity index (χ2v) is 5.24. The van der Waals surface area contributed by atoms with E-state index in [-0.39, 0.29) is 5.96 Å². The molecule has 0 fully saturated rings. The lowest BCUT2D eigenvalue weighted by atomic mass is 10.1. The zero-order valence-corrected chi connectivity index (χ0v) is 13.9. The van der Waals surface area contributed by atoms with Crippen molar-refractivity contribution in [1.29, 1.82) is 5.41 Å². The van der Waals surface area contributed by atoms with Crippen LogP contribution < -0.4 is 20.1 Å². The molecule has 116 valence electrons. The molecule has 6 nitrogen and oxygen atoms in total. The van der Waals surface area contributed by atoms with Crippen molar-refractivity contribution in [2.45, 2.75) is 6.54 Å². The predicted molar refractivity (Wildman–Crippen MR) is 89.6 cm³/mol. The van der Waals surface area contributed by atoms with Gasteiger partial charge in [-0.1, -0.05) is 12.1 Å². The van der Waals surface area contributed by atoms with E-state index in [0.29, 0.717) is 28.5 Å². The van der Waals surface area contributed by atoms with E-state index in [9.17, 15) is 0 Å². The fraction of sp³-hybridized carbons (Fsp3) is 0.200. The molecule has 0 aliphatic heterocycles. The van der Waals surface area contributed by atoms with Crippen molar-refractivity contribution in [2.24, 2.45) is 5.73 Å². The zero-order valence-electron chi connectivity index (χ0n) is 12.3. The van der Waals surface area contributed by atoms with E-state index in [1.165, 1.54) is 0 Å². The number of nitrogens with zero attached hydrogens (tertiary/aromatic N) is 2. The summed E-state index contributed by atoms with van der Waals surface area (Å²) in [5.74, 6) is 1.79. The number of anilines is 1. The van der Waals surface area contributed by atoms with E-state index in [0.717, 1.165) is 5.56 Å². The highest BCUT2D eigenvalue weighted by atomic mass is 79.9. The van der Waals surface area contributed by atoms with Crippen LogP contribution >= 0.6 is 15.9 Å². The summed E-state index contributed by atoms with van der Waals surface area (Å²) in [6, 6.07) is 11.0. The Morgan fingerprint density at radius 3 is 2.27 bits per heavy atom. The van der Waals surface area contributed by atoms with E-state index < -0.39 is 0 Å². The third-order valence-corrected chi connectivity index (χ3v) is 3.56. The summed E-state index contributed by atoms with van der Waals surface area (Å²) in [6.45, 7) is 0.311. The number of guanidine groups is 1. The van der Waals surface area contributed by atoms with Crippen molar-refractivity contribution in [3.05, 3.63) is 46.6 Å². The summed E-state index contributed by atoms with van der Waals surface area (Å²) >= 11 is 3.32. The Kier molecular flexibility index (Phi) is 5.21. The van der Waals surface area contributed by atoms with Gasteiger partial charge in [0.25, 0.3) is 0 Å². The highest BCUT2D eigenvalue weighted by molar-refractivity contribution is 9.10. The number of aromatic nitrogens is 1. The van der Waals surface area contributed by atoms with Crippen molar-refractivity contribution in [2.75, 3.05) is 19.1 Å². The monoisotopic (exact) mass is 364 g/mol. The van der Waals surface area contributed by atoms with Crippen LogP contribution in [0.2, 0.25) is 0 Å². The quantitative estimate of drug-likeness (QED) is 0.484. The third-order valence-electron chi connectivity index (χ3n) is 3.11. The molecule has 0 spiro atoms. The Hall–Kier alpha value is -2.28. The molecule has 22 heavy (non-hydrogen) atoms. The van der Waals surface area contributed by atoms with Gasteiger partial charge in [0.2, 0.25) is 0 Å². The van der Waals surface area contributed by atoms with Gasteiger partial charge in [0, 0.05) is 0 Å². The van der Waals surface area contributed by atoms with Crippen LogP contribution in [0.15, 0.2) is 41.0 Å². The summed E-state index contributed by atoms with van der Waals surface area (Å²) in [5.41, 5.74) is 6.52. The highest BCUT2D eigenvalue weighted by Crippen LogP contribution is 2.30. The summed E-state index contributed by atoms with van der Waals surface area (Å²) in [5, 5.41) is 7.83. The average molecular weight is 365 g/mol. The average Bonchev–Trinajstić information content (AvgIpc) is 2.51. The fourth-order valence-corrected chi connectivity index (χ4v) is 2.41. The molecule has 0 saturated heterocycles. The highest BCUT2D eigenvalue weighted by Gasteiger charge is 2.18. The Morgan fingerprint density at radius 1 is 1.18 bits per heavy atom. The van der Waals surface area contributed by atoms with Gasteiger partial charge in [0.1, 0.15) is 21.9 Å². The lowest BCUT2D eigenvalue weighted by Crippen LogP contribution is -2.36. The van der Waals surface area contributed by atoms with Gasteiger partial charge in [-0.3, -0.25) is 10.3 Å². The van der Waals surface area contributed by atoms with Crippen LogP contribution in [-0.2, 0) is 6.54 Å². The van der Waals surface area contributed by atoms with Crippen molar-refractivity contribution >= 4 is 27.7 Å². The summed E-state index contributed by atoms with van der Waals surface area (Å²) in [4.78, 5) is 5.92. The first kappa shape index (κ1) is 16.1. The molecule has 0 aliphatic carbocycles. The molecule has 2 rings (SSSR count). The lowest BCUT2D eigenvalue weighted by molar-refractivity contribution is 0.385. The number of halogens is 1. The molecule has 0 saturated carbocycles. The van der Waals surface area contributed by atoms with Gasteiger partial charge in [0.15, 0.2) is 5.96 Å². The molecule has 7 heteroatoms. The summed E-state index contributed by atoms with van der Waals surface area (Å²) in [6.07, 6.45) is 0. The van der Waals surface area contributed by atoms with Crippen LogP contribution in [0.1, 0.15) is 5.56 Å². The third kappa shape index (κ3) is 3.48. The van der Waals surface area contributed by atoms with Gasteiger partial charge >= 0.3 is 0 Å². The van der Waals surface area contributed by atoms with E-state index in [2.05, 4.69) is 20.9 Å². The first-order valence-electron chi connectivity index (χ1n) is 6.50. The van der Waals surface area contributed by atoms with Gasteiger partial charge in [-0.15, -0.1) is 0 Å². The van der Waals surface area contributed by atoms with Crippen LogP contribution in [-0.4, -0.2) is 25.2 Å². The molecule has 1 heterocycles. The molecular formula is C15H17BrN4O2. The smallest absolute Gasteiger partial charge is 0.194 e. The molecule has 3 N–H and O–H groups in total. The maximum absolute atomic E-state index is 7.83. The van der Waals surface area contributed by atoms with Crippen molar-refractivity contribution in [3.8, 4) is 11.5 Å². The SMILES string of the molecule is COc1cccc(OC)c1CN(C(=N)N)c1cccc(Br)n1. The van der Waals surface area contributed by atoms with Crippen LogP contribution in [0.3, 0.4) is 0 Å². The Bertz CT molecular complexity index is 656. The van der Waals surface area contributed by atoms with Crippen molar-refractivity contribution in [3.63, 3.8) is 0 Å². The Labute approximate surface area is 137 Å². The first-order chi connectivity index (χ1) is 10.6. The number of nitrogens with one attached hydrogen (secondary N) is 1. The second kappa shape index (κ2) is 7.13. The normalized spacial score (nSPS) is 10.1. The molecule has 0 aliphatic rings. The number of methoxy groups -OCH3 is 2. The minimum atomic E-state index is -0.112. The molecule has 0 unspecified atom stereocenters. The van der Waals surface area contributed by atoms with Crippen molar-refractivity contribution in [1.82, 2.24) is 4.98 Å².